The number of piperidine rings is 3. The first kappa shape index (κ1) is 79.4. The molecule has 8 aromatic rings. The number of ether oxygens (including phenoxy) is 3. The molecule has 8 aromatic carbocycles. The van der Waals surface area contributed by atoms with Crippen LogP contribution in [0.1, 0.15) is 145 Å². The summed E-state index contributed by atoms with van der Waals surface area (Å²) in [4.78, 5) is 29.2. The summed E-state index contributed by atoms with van der Waals surface area (Å²) >= 11 is 0. The summed E-state index contributed by atoms with van der Waals surface area (Å²) < 4.78 is 56.9. The van der Waals surface area contributed by atoms with Crippen molar-refractivity contribution in [2.45, 2.75) is 103 Å². The molecule has 0 radical (unpaired) electrons. The molecule has 3 unspecified atom stereocenters. The number of likely N-dealkylation sites (tertiary alicyclic amines) is 2. The Morgan fingerprint density at radius 3 is 1.31 bits per heavy atom. The largest absolute Gasteiger partial charge is 2.00 e. The van der Waals surface area contributed by atoms with Gasteiger partial charge in [0.25, 0.3) is 0 Å². The van der Waals surface area contributed by atoms with Gasteiger partial charge in [0.05, 0.1) is 11.6 Å². The van der Waals surface area contributed by atoms with Gasteiger partial charge in [0.15, 0.2) is 0 Å². The molecular formula is C84H94BrF3MgN8O5. The minimum Gasteiger partial charge on any atom is -1.00 e. The average molecular weight is 1460 g/mol. The van der Waals surface area contributed by atoms with Gasteiger partial charge in [-0.1, -0.05) is 146 Å². The number of para-hydroxylation sites is 3. The van der Waals surface area contributed by atoms with Crippen molar-refractivity contribution in [2.75, 3.05) is 72.0 Å². The Morgan fingerprint density at radius 2 is 0.902 bits per heavy atom. The Bertz CT molecular complexity index is 4110. The molecule has 1 amide bonds. The number of hydrogen-bond acceptors (Lipinski definition) is 10. The molecule has 6 aliphatic rings. The third-order valence-electron chi connectivity index (χ3n) is 20.5. The number of amides is 1. The summed E-state index contributed by atoms with van der Waals surface area (Å²) in [6.07, 6.45) is 3.45. The van der Waals surface area contributed by atoms with Crippen LogP contribution in [0, 0.1) is 47.3 Å². The summed E-state index contributed by atoms with van der Waals surface area (Å²) in [6, 6.07) is 65.3. The molecule has 6 heterocycles. The van der Waals surface area contributed by atoms with Crippen molar-refractivity contribution < 1.29 is 54.0 Å². The summed E-state index contributed by atoms with van der Waals surface area (Å²) in [7, 11) is 0. The maximum absolute atomic E-state index is 12.7. The second-order valence-electron chi connectivity index (χ2n) is 26.2. The molecule has 3 fully saturated rings. The van der Waals surface area contributed by atoms with Crippen LogP contribution >= 0.6 is 0 Å². The van der Waals surface area contributed by atoms with E-state index in [4.69, 9.17) is 30.3 Å². The van der Waals surface area contributed by atoms with Crippen LogP contribution in [0.2, 0.25) is 0 Å². The van der Waals surface area contributed by atoms with Gasteiger partial charge in [0.1, 0.15) is 52.5 Å². The van der Waals surface area contributed by atoms with Gasteiger partial charge in [-0.3, -0.25) is 15.6 Å². The summed E-state index contributed by atoms with van der Waals surface area (Å²) in [5, 5.41) is 29.9. The number of halogens is 4. The van der Waals surface area contributed by atoms with E-state index in [1.54, 1.807) is 12.1 Å². The molecule has 18 heteroatoms. The number of carbonyl (C=O) groups is 2. The first-order chi connectivity index (χ1) is 48.2. The Hall–Kier alpha value is -8.31. The summed E-state index contributed by atoms with van der Waals surface area (Å²) in [6.45, 7) is 17.5. The van der Waals surface area contributed by atoms with Crippen molar-refractivity contribution in [3.63, 3.8) is 0 Å². The van der Waals surface area contributed by atoms with E-state index in [9.17, 15) is 22.8 Å². The van der Waals surface area contributed by atoms with Crippen LogP contribution in [0.5, 0.6) is 34.5 Å². The second-order valence-corrected chi connectivity index (χ2v) is 26.2. The number of rotatable bonds is 14. The number of carbonyl (C=O) groups excluding carboxylic acids is 2. The molecule has 0 bridgehead atoms. The first-order valence-electron chi connectivity index (χ1n) is 35.3. The molecule has 0 saturated carbocycles. The Labute approximate surface area is 627 Å². The number of fused-ring (bicyclic) bond motifs is 6. The molecule has 3 atom stereocenters. The fraction of sp³-hybridized carbons (Fsp3) is 0.357. The number of alkyl halides is 3. The van der Waals surface area contributed by atoms with Crippen molar-refractivity contribution in [2.24, 2.45) is 17.8 Å². The fourth-order valence-electron chi connectivity index (χ4n) is 15.3. The summed E-state index contributed by atoms with van der Waals surface area (Å²) in [5.41, 5.74) is 11.9. The van der Waals surface area contributed by atoms with E-state index < -0.39 is 12.1 Å². The van der Waals surface area contributed by atoms with E-state index in [2.05, 4.69) is 163 Å². The van der Waals surface area contributed by atoms with Gasteiger partial charge in [0.2, 0.25) is 0 Å². The number of amidine groups is 2. The van der Waals surface area contributed by atoms with Crippen LogP contribution in [-0.4, -0.2) is 145 Å². The summed E-state index contributed by atoms with van der Waals surface area (Å²) in [5.74, 6) is 6.47. The van der Waals surface area contributed by atoms with Crippen LogP contribution in [-0.2, 0) is 22.4 Å². The number of nitrogens with zero attached hydrogens (tertiary/aromatic N) is 5. The van der Waals surface area contributed by atoms with Crippen molar-refractivity contribution in [3.8, 4) is 40.6 Å². The van der Waals surface area contributed by atoms with E-state index in [1.807, 2.05) is 66.7 Å². The zero-order chi connectivity index (χ0) is 69.4. The molecule has 6 aliphatic heterocycles. The van der Waals surface area contributed by atoms with Gasteiger partial charge in [-0.15, -0.1) is 0 Å². The van der Waals surface area contributed by atoms with Gasteiger partial charge < -0.3 is 68.3 Å². The molecule has 0 aliphatic carbocycles. The molecule has 3 N–H and O–H groups in total. The Balaban J connectivity index is 0.000000181. The third-order valence-corrected chi connectivity index (χ3v) is 20.5. The quantitative estimate of drug-likeness (QED) is 0.0315. The molecular weight excluding hydrogens is 1360 g/mol. The Morgan fingerprint density at radius 1 is 0.529 bits per heavy atom. The molecule has 14 rings (SSSR count). The van der Waals surface area contributed by atoms with Crippen LogP contribution in [0.15, 0.2) is 188 Å². The van der Waals surface area contributed by atoms with Gasteiger partial charge in [-0.2, -0.15) is 18.4 Å². The van der Waals surface area contributed by atoms with Crippen molar-refractivity contribution in [3.05, 3.63) is 257 Å². The average Bonchev–Trinajstić information content (AvgIpc) is 0.771. The maximum Gasteiger partial charge on any atom is 2.00 e. The minimum absolute atomic E-state index is 0. The monoisotopic (exact) mass is 1450 g/mol. The number of nitriles is 1. The minimum atomic E-state index is -4.83. The topological polar surface area (TPSA) is 158 Å². The zero-order valence-electron chi connectivity index (χ0n) is 59.4. The van der Waals surface area contributed by atoms with Crippen LogP contribution < -0.4 is 36.5 Å². The maximum atomic E-state index is 12.7. The smallest absolute Gasteiger partial charge is 1.00 e. The first-order valence-corrected chi connectivity index (χ1v) is 35.3. The third kappa shape index (κ3) is 18.9. The van der Waals surface area contributed by atoms with Crippen LogP contribution in [0.3, 0.4) is 0 Å². The van der Waals surface area contributed by atoms with E-state index in [0.29, 0.717) is 71.7 Å². The predicted octanol–water partition coefficient (Wildman–Crippen LogP) is 14.2. The molecule has 102 heavy (non-hydrogen) atoms. The van der Waals surface area contributed by atoms with Gasteiger partial charge in [-0.05, 0) is 170 Å². The number of nitrogens with one attached hydrogen (secondary N) is 3. The zero-order valence-corrected chi connectivity index (χ0v) is 62.4. The number of hydrogen-bond donors (Lipinski definition) is 3. The normalized spacial score (nSPS) is 17.2. The van der Waals surface area contributed by atoms with Gasteiger partial charge in [0, 0.05) is 114 Å². The van der Waals surface area contributed by atoms with Gasteiger partial charge >= 0.3 is 35.1 Å². The molecule has 0 aromatic heterocycles. The molecule has 530 valence electrons. The van der Waals surface area contributed by atoms with Crippen LogP contribution in [0.25, 0.3) is 0 Å². The molecule has 0 spiro atoms. The van der Waals surface area contributed by atoms with Gasteiger partial charge in [-0.25, -0.2) is 0 Å². The Kier molecular flexibility index (Phi) is 29.4. The van der Waals surface area contributed by atoms with E-state index in [0.717, 1.165) is 127 Å². The number of aldehydes is 1. The second kappa shape index (κ2) is 37.7. The van der Waals surface area contributed by atoms with Crippen molar-refractivity contribution in [1.82, 2.24) is 24.9 Å². The van der Waals surface area contributed by atoms with Crippen molar-refractivity contribution in [1.29, 1.82) is 16.1 Å². The molecule has 13 nitrogen and oxygen atoms in total. The standard InChI is InChI=1S/C31H37N3O.C23H29N3O.C21H17F3N2O2.C8H8O.CH3.BrH.Mg/c1-3-34(4-2)31(32)25-14-15-27-29(22-25)35-28-13-9-8-12-26(28)30(27)24-17-20-33(21-18-24)19-16-23-10-6-5-7-11-23;1-3-26(4-2)23(24)17-9-10-19-21(15-17)27-20-8-6-5-7-18(20)22(19)16-11-13-25-14-12-16;22-21(23,24)20(27)26-9-7-14(8-10-26)19-15-3-1-2-4-17(15)28-18-11-13(12-25)5-6-16(18)19;9-7-6-8-4-2-1-3-5-8;;;/h5-15,22,24,30,32H,3-4,16-21H2,1-2H3;5-10,15-16,22,24-25H,3-4,11-14H2,1-2H3;1-6,11,14,19H,7-10H2;1-5,7H,6H2;1H3;1H;/q;;;;-1;;+2/p-1. The molecule has 3 saturated heterocycles. The van der Waals surface area contributed by atoms with E-state index in [1.165, 1.54) is 53.5 Å². The van der Waals surface area contributed by atoms with E-state index in [-0.39, 0.29) is 72.4 Å². The SMILES string of the molecule is CCN(CC)C(=N)c1ccc2c(c1)Oc1ccccc1C2C1CCN(CCc2ccccc2)CC1.CCN(CC)C(=N)c1ccc2c(c1)Oc1ccccc1C2C1CCNCC1.N#Cc1ccc2c(c1)Oc1ccccc1C2C1CCN(C(=O)C(F)(F)F)CC1.O=CCc1ccccc1.[Br-].[CH3-].[Mg+2]. The fourth-order valence-corrected chi connectivity index (χ4v) is 15.3. The predicted molar refractivity (Wildman–Crippen MR) is 397 cm³/mol. The number of benzene rings is 8. The van der Waals surface area contributed by atoms with Crippen LogP contribution in [0.4, 0.5) is 13.2 Å². The van der Waals surface area contributed by atoms with E-state index >= 15 is 0 Å². The van der Waals surface area contributed by atoms with Crippen molar-refractivity contribution >= 4 is 46.9 Å².